The van der Waals surface area contributed by atoms with Crippen molar-refractivity contribution in [2.24, 2.45) is 0 Å². The molecule has 1 heterocycles. The molecule has 0 aromatic rings. The Morgan fingerprint density at radius 2 is 2.31 bits per heavy atom. The molecule has 0 aromatic carbocycles. The summed E-state index contributed by atoms with van der Waals surface area (Å²) in [6.07, 6.45) is 2.62. The standard InChI is InChI=1S/C10H22N2S/c1-9(4-6-12(2)3)11-10-5-7-13-8-10/h9-11H,4-8H2,1-3H3/t9-,10-/m0/s1. The molecule has 0 amide bonds. The molecular formula is C10H22N2S. The van der Waals surface area contributed by atoms with Crippen LogP contribution in [0.15, 0.2) is 0 Å². The number of hydrogen-bond donors (Lipinski definition) is 1. The molecule has 1 fully saturated rings. The highest BCUT2D eigenvalue weighted by atomic mass is 32.2. The maximum atomic E-state index is 3.69. The van der Waals surface area contributed by atoms with Crippen molar-refractivity contribution in [2.45, 2.75) is 31.8 Å². The molecule has 0 spiro atoms. The molecule has 1 rings (SSSR count). The Bertz CT molecular complexity index is 133. The van der Waals surface area contributed by atoms with Gasteiger partial charge in [-0.3, -0.25) is 0 Å². The summed E-state index contributed by atoms with van der Waals surface area (Å²) in [4.78, 5) is 2.25. The number of hydrogen-bond acceptors (Lipinski definition) is 3. The molecule has 0 aliphatic carbocycles. The van der Waals surface area contributed by atoms with E-state index in [1.807, 2.05) is 0 Å². The fraction of sp³-hybridized carbons (Fsp3) is 1.00. The predicted octanol–water partition coefficient (Wildman–Crippen LogP) is 1.42. The van der Waals surface area contributed by atoms with Gasteiger partial charge in [0.2, 0.25) is 0 Å². The zero-order valence-corrected chi connectivity index (χ0v) is 9.86. The van der Waals surface area contributed by atoms with Crippen LogP contribution < -0.4 is 5.32 Å². The highest BCUT2D eigenvalue weighted by Gasteiger charge is 2.16. The SMILES string of the molecule is C[C@@H](CCN(C)C)N[C@H]1CCSC1. The summed E-state index contributed by atoms with van der Waals surface area (Å²) in [5.41, 5.74) is 0. The first-order valence-electron chi connectivity index (χ1n) is 5.17. The summed E-state index contributed by atoms with van der Waals surface area (Å²) < 4.78 is 0. The van der Waals surface area contributed by atoms with Crippen molar-refractivity contribution >= 4 is 11.8 Å². The molecule has 13 heavy (non-hydrogen) atoms. The van der Waals surface area contributed by atoms with Crippen LogP contribution >= 0.6 is 11.8 Å². The number of thioether (sulfide) groups is 1. The summed E-state index contributed by atoms with van der Waals surface area (Å²) in [5.74, 6) is 2.66. The zero-order valence-electron chi connectivity index (χ0n) is 9.05. The first-order valence-corrected chi connectivity index (χ1v) is 6.32. The van der Waals surface area contributed by atoms with E-state index in [0.717, 1.165) is 6.04 Å². The van der Waals surface area contributed by atoms with E-state index >= 15 is 0 Å². The Kier molecular flexibility index (Phi) is 5.14. The molecule has 0 aromatic heterocycles. The van der Waals surface area contributed by atoms with Gasteiger partial charge in [0.05, 0.1) is 0 Å². The molecule has 1 aliphatic heterocycles. The lowest BCUT2D eigenvalue weighted by Crippen LogP contribution is -2.38. The third kappa shape index (κ3) is 4.89. The van der Waals surface area contributed by atoms with Crippen LogP contribution in [0.4, 0.5) is 0 Å². The first kappa shape index (κ1) is 11.3. The Morgan fingerprint density at radius 1 is 1.54 bits per heavy atom. The second-order valence-corrected chi connectivity index (χ2v) is 5.37. The number of nitrogens with zero attached hydrogens (tertiary/aromatic N) is 1. The average molecular weight is 202 g/mol. The van der Waals surface area contributed by atoms with Gasteiger partial charge in [-0.05, 0) is 46.2 Å². The molecule has 0 unspecified atom stereocenters. The molecule has 0 bridgehead atoms. The third-order valence-corrected chi connectivity index (χ3v) is 3.62. The van der Waals surface area contributed by atoms with Crippen molar-refractivity contribution in [3.8, 4) is 0 Å². The van der Waals surface area contributed by atoms with Crippen LogP contribution in [-0.2, 0) is 0 Å². The normalized spacial score (nSPS) is 25.4. The minimum atomic E-state index is 0.672. The molecular weight excluding hydrogens is 180 g/mol. The van der Waals surface area contributed by atoms with E-state index in [-0.39, 0.29) is 0 Å². The van der Waals surface area contributed by atoms with Crippen LogP contribution in [0.1, 0.15) is 19.8 Å². The maximum absolute atomic E-state index is 3.69. The lowest BCUT2D eigenvalue weighted by atomic mass is 10.2. The van der Waals surface area contributed by atoms with E-state index in [0.29, 0.717) is 6.04 Å². The van der Waals surface area contributed by atoms with Gasteiger partial charge in [0.15, 0.2) is 0 Å². The molecule has 0 saturated carbocycles. The van der Waals surface area contributed by atoms with Crippen LogP contribution in [-0.4, -0.2) is 49.1 Å². The fourth-order valence-corrected chi connectivity index (χ4v) is 2.77. The highest BCUT2D eigenvalue weighted by Crippen LogP contribution is 2.17. The van der Waals surface area contributed by atoms with E-state index < -0.39 is 0 Å². The zero-order chi connectivity index (χ0) is 9.68. The molecule has 3 heteroatoms. The van der Waals surface area contributed by atoms with Crippen molar-refractivity contribution in [1.82, 2.24) is 10.2 Å². The minimum Gasteiger partial charge on any atom is -0.311 e. The van der Waals surface area contributed by atoms with E-state index in [9.17, 15) is 0 Å². The smallest absolute Gasteiger partial charge is 0.0168 e. The van der Waals surface area contributed by atoms with Crippen LogP contribution in [0.3, 0.4) is 0 Å². The monoisotopic (exact) mass is 202 g/mol. The molecule has 0 radical (unpaired) electrons. The maximum Gasteiger partial charge on any atom is 0.0168 e. The summed E-state index contributed by atoms with van der Waals surface area (Å²) >= 11 is 2.08. The van der Waals surface area contributed by atoms with E-state index in [1.54, 1.807) is 0 Å². The lowest BCUT2D eigenvalue weighted by Gasteiger charge is -2.20. The van der Waals surface area contributed by atoms with E-state index in [1.165, 1.54) is 30.9 Å². The van der Waals surface area contributed by atoms with Crippen molar-refractivity contribution in [2.75, 3.05) is 32.1 Å². The van der Waals surface area contributed by atoms with E-state index in [2.05, 4.69) is 43.0 Å². The van der Waals surface area contributed by atoms with Crippen LogP contribution in [0.25, 0.3) is 0 Å². The summed E-state index contributed by atoms with van der Waals surface area (Å²) in [6, 6.07) is 1.45. The van der Waals surface area contributed by atoms with Gasteiger partial charge < -0.3 is 10.2 Å². The van der Waals surface area contributed by atoms with Crippen molar-refractivity contribution in [3.05, 3.63) is 0 Å². The van der Waals surface area contributed by atoms with Gasteiger partial charge in [-0.15, -0.1) is 0 Å². The molecule has 1 N–H and O–H groups in total. The van der Waals surface area contributed by atoms with Crippen molar-refractivity contribution < 1.29 is 0 Å². The largest absolute Gasteiger partial charge is 0.311 e. The summed E-state index contributed by atoms with van der Waals surface area (Å²) in [5, 5.41) is 3.69. The van der Waals surface area contributed by atoms with Crippen LogP contribution in [0.5, 0.6) is 0 Å². The number of nitrogens with one attached hydrogen (secondary N) is 1. The lowest BCUT2D eigenvalue weighted by molar-refractivity contribution is 0.354. The second-order valence-electron chi connectivity index (χ2n) is 4.22. The molecule has 2 nitrogen and oxygen atoms in total. The second kappa shape index (κ2) is 5.89. The first-order chi connectivity index (χ1) is 6.18. The average Bonchev–Trinajstić information content (AvgIpc) is 2.53. The van der Waals surface area contributed by atoms with Gasteiger partial charge >= 0.3 is 0 Å². The fourth-order valence-electron chi connectivity index (χ4n) is 1.60. The predicted molar refractivity (Wildman–Crippen MR) is 61.5 cm³/mol. The summed E-state index contributed by atoms with van der Waals surface area (Å²) in [7, 11) is 4.27. The molecule has 1 saturated heterocycles. The molecule has 1 aliphatic rings. The van der Waals surface area contributed by atoms with E-state index in [4.69, 9.17) is 0 Å². The quantitative estimate of drug-likeness (QED) is 0.726. The Labute approximate surface area is 86.5 Å². The van der Waals surface area contributed by atoms with Gasteiger partial charge in [-0.1, -0.05) is 0 Å². The highest BCUT2D eigenvalue weighted by molar-refractivity contribution is 7.99. The third-order valence-electron chi connectivity index (χ3n) is 2.46. The summed E-state index contributed by atoms with van der Waals surface area (Å²) in [6.45, 7) is 3.49. The van der Waals surface area contributed by atoms with Gasteiger partial charge in [-0.2, -0.15) is 11.8 Å². The Balaban J connectivity index is 2.05. The molecule has 78 valence electrons. The van der Waals surface area contributed by atoms with Crippen molar-refractivity contribution in [3.63, 3.8) is 0 Å². The van der Waals surface area contributed by atoms with Crippen LogP contribution in [0.2, 0.25) is 0 Å². The van der Waals surface area contributed by atoms with Gasteiger partial charge in [-0.25, -0.2) is 0 Å². The van der Waals surface area contributed by atoms with Gasteiger partial charge in [0, 0.05) is 17.8 Å². The Hall–Kier alpha value is 0.270. The molecule has 2 atom stereocenters. The van der Waals surface area contributed by atoms with Gasteiger partial charge in [0.25, 0.3) is 0 Å². The number of rotatable bonds is 5. The topological polar surface area (TPSA) is 15.3 Å². The van der Waals surface area contributed by atoms with Crippen molar-refractivity contribution in [1.29, 1.82) is 0 Å². The van der Waals surface area contributed by atoms with Gasteiger partial charge in [0.1, 0.15) is 0 Å². The van der Waals surface area contributed by atoms with Crippen LogP contribution in [0, 0.1) is 0 Å². The Morgan fingerprint density at radius 3 is 2.85 bits per heavy atom. The minimum absolute atomic E-state index is 0.672.